The van der Waals surface area contributed by atoms with Crippen molar-refractivity contribution < 1.29 is 4.79 Å². The van der Waals surface area contributed by atoms with Crippen LogP contribution in [0.2, 0.25) is 0 Å². The third-order valence-corrected chi connectivity index (χ3v) is 4.37. The minimum Gasteiger partial charge on any atom is -0.348 e. The Hall–Kier alpha value is -1.02. The molecule has 19 heavy (non-hydrogen) atoms. The number of carbonyl (C=O) groups excluding carboxylic acids is 1. The molecule has 0 radical (unpaired) electrons. The largest absolute Gasteiger partial charge is 0.348 e. The van der Waals surface area contributed by atoms with Crippen molar-refractivity contribution in [2.24, 2.45) is 11.8 Å². The lowest BCUT2D eigenvalue weighted by Crippen LogP contribution is -2.36. The Labute approximate surface area is 120 Å². The summed E-state index contributed by atoms with van der Waals surface area (Å²) in [6, 6.07) is 9.87. The van der Waals surface area contributed by atoms with E-state index in [2.05, 4.69) is 12.2 Å². The Morgan fingerprint density at radius 3 is 2.47 bits per heavy atom. The first-order chi connectivity index (χ1) is 9.20. The van der Waals surface area contributed by atoms with Crippen LogP contribution in [0.15, 0.2) is 30.3 Å². The average molecular weight is 280 g/mol. The standard InChI is InChI=1S/C16H22ClNO/c1-12-7-9-14(10-8-12)16(19)18-15(11-17)13-5-3-2-4-6-13/h2-6,12,14-15H,7-11H2,1H3,(H,18,19). The molecule has 1 unspecified atom stereocenters. The molecule has 1 aliphatic carbocycles. The summed E-state index contributed by atoms with van der Waals surface area (Å²) in [4.78, 5) is 12.3. The lowest BCUT2D eigenvalue weighted by Gasteiger charge is -2.27. The van der Waals surface area contributed by atoms with Gasteiger partial charge in [0.25, 0.3) is 0 Å². The maximum atomic E-state index is 12.3. The number of amides is 1. The molecule has 1 amide bonds. The summed E-state index contributed by atoms with van der Waals surface area (Å²) in [5.41, 5.74) is 1.08. The minimum atomic E-state index is -0.0743. The van der Waals surface area contributed by atoms with Crippen LogP contribution in [0.1, 0.15) is 44.2 Å². The third kappa shape index (κ3) is 3.97. The van der Waals surface area contributed by atoms with Crippen molar-refractivity contribution in [3.63, 3.8) is 0 Å². The van der Waals surface area contributed by atoms with Crippen LogP contribution in [0.3, 0.4) is 0 Å². The highest BCUT2D eigenvalue weighted by Crippen LogP contribution is 2.29. The van der Waals surface area contributed by atoms with Crippen LogP contribution >= 0.6 is 11.6 Å². The van der Waals surface area contributed by atoms with Crippen molar-refractivity contribution in [2.45, 2.75) is 38.6 Å². The van der Waals surface area contributed by atoms with Crippen molar-refractivity contribution in [3.05, 3.63) is 35.9 Å². The van der Waals surface area contributed by atoms with Crippen molar-refractivity contribution in [1.29, 1.82) is 0 Å². The van der Waals surface area contributed by atoms with Gasteiger partial charge in [-0.3, -0.25) is 4.79 Å². The number of carbonyl (C=O) groups is 1. The third-order valence-electron chi connectivity index (χ3n) is 4.06. The molecule has 0 saturated heterocycles. The molecule has 1 aliphatic rings. The van der Waals surface area contributed by atoms with E-state index in [4.69, 9.17) is 11.6 Å². The van der Waals surface area contributed by atoms with E-state index >= 15 is 0 Å². The highest BCUT2D eigenvalue weighted by Gasteiger charge is 2.26. The van der Waals surface area contributed by atoms with Gasteiger partial charge >= 0.3 is 0 Å². The quantitative estimate of drug-likeness (QED) is 0.832. The Balaban J connectivity index is 1.93. The van der Waals surface area contributed by atoms with Crippen molar-refractivity contribution in [1.82, 2.24) is 5.32 Å². The summed E-state index contributed by atoms with van der Waals surface area (Å²) in [6.07, 6.45) is 4.34. The molecule has 0 heterocycles. The van der Waals surface area contributed by atoms with Gasteiger partial charge in [0.2, 0.25) is 5.91 Å². The Morgan fingerprint density at radius 1 is 1.26 bits per heavy atom. The smallest absolute Gasteiger partial charge is 0.223 e. The zero-order valence-corrected chi connectivity index (χ0v) is 12.2. The maximum Gasteiger partial charge on any atom is 0.223 e. The molecule has 0 aromatic heterocycles. The van der Waals surface area contributed by atoms with Gasteiger partial charge < -0.3 is 5.32 Å². The molecule has 0 bridgehead atoms. The molecule has 0 aliphatic heterocycles. The van der Waals surface area contributed by atoms with E-state index in [1.165, 1.54) is 0 Å². The van der Waals surface area contributed by atoms with Crippen molar-refractivity contribution in [3.8, 4) is 0 Å². The number of halogens is 1. The molecule has 1 aromatic carbocycles. The fraction of sp³-hybridized carbons (Fsp3) is 0.562. The summed E-state index contributed by atoms with van der Waals surface area (Å²) in [5, 5.41) is 3.10. The molecular formula is C16H22ClNO. The van der Waals surface area contributed by atoms with Gasteiger partial charge in [-0.05, 0) is 37.2 Å². The van der Waals surface area contributed by atoms with Gasteiger partial charge in [0.1, 0.15) is 0 Å². The van der Waals surface area contributed by atoms with E-state index in [9.17, 15) is 4.79 Å². The zero-order valence-electron chi connectivity index (χ0n) is 11.4. The van der Waals surface area contributed by atoms with Gasteiger partial charge in [-0.2, -0.15) is 0 Å². The fourth-order valence-corrected chi connectivity index (χ4v) is 2.96. The summed E-state index contributed by atoms with van der Waals surface area (Å²) in [5.74, 6) is 1.52. The molecule has 0 spiro atoms. The van der Waals surface area contributed by atoms with Crippen molar-refractivity contribution >= 4 is 17.5 Å². The van der Waals surface area contributed by atoms with Gasteiger partial charge in [-0.25, -0.2) is 0 Å². The number of hydrogen-bond acceptors (Lipinski definition) is 1. The van der Waals surface area contributed by atoms with Crippen LogP contribution in [0.4, 0.5) is 0 Å². The normalized spacial score (nSPS) is 24.7. The first-order valence-electron chi connectivity index (χ1n) is 7.12. The van der Waals surface area contributed by atoms with E-state index in [-0.39, 0.29) is 17.9 Å². The Morgan fingerprint density at radius 2 is 1.89 bits per heavy atom. The summed E-state index contributed by atoms with van der Waals surface area (Å²) < 4.78 is 0. The maximum absolute atomic E-state index is 12.3. The highest BCUT2D eigenvalue weighted by molar-refractivity contribution is 6.18. The molecular weight excluding hydrogens is 258 g/mol. The van der Waals surface area contributed by atoms with Crippen LogP contribution in [0, 0.1) is 11.8 Å². The number of hydrogen-bond donors (Lipinski definition) is 1. The monoisotopic (exact) mass is 279 g/mol. The zero-order chi connectivity index (χ0) is 13.7. The number of alkyl halides is 1. The number of benzene rings is 1. The van der Waals surface area contributed by atoms with Crippen LogP contribution < -0.4 is 5.32 Å². The summed E-state index contributed by atoms with van der Waals surface area (Å²) >= 11 is 5.99. The van der Waals surface area contributed by atoms with E-state index in [0.717, 1.165) is 37.2 Å². The molecule has 3 heteroatoms. The van der Waals surface area contributed by atoms with E-state index in [1.54, 1.807) is 0 Å². The second-order valence-corrected chi connectivity index (χ2v) is 5.89. The van der Waals surface area contributed by atoms with Crippen LogP contribution in [-0.2, 0) is 4.79 Å². The predicted octanol–water partition coefficient (Wildman–Crippen LogP) is 3.91. The lowest BCUT2D eigenvalue weighted by molar-refractivity contribution is -0.126. The topological polar surface area (TPSA) is 29.1 Å². The molecule has 2 rings (SSSR count). The first-order valence-corrected chi connectivity index (χ1v) is 7.65. The molecule has 1 N–H and O–H groups in total. The van der Waals surface area contributed by atoms with Crippen molar-refractivity contribution in [2.75, 3.05) is 5.88 Å². The average Bonchev–Trinajstić information content (AvgIpc) is 2.46. The highest BCUT2D eigenvalue weighted by atomic mass is 35.5. The lowest BCUT2D eigenvalue weighted by atomic mass is 9.82. The molecule has 2 nitrogen and oxygen atoms in total. The van der Waals surface area contributed by atoms with E-state index in [0.29, 0.717) is 5.88 Å². The van der Waals surface area contributed by atoms with Gasteiger partial charge in [-0.1, -0.05) is 37.3 Å². The van der Waals surface area contributed by atoms with Gasteiger partial charge in [0.15, 0.2) is 0 Å². The molecule has 1 aromatic rings. The molecule has 104 valence electrons. The summed E-state index contributed by atoms with van der Waals surface area (Å²) in [6.45, 7) is 2.26. The van der Waals surface area contributed by atoms with Crippen LogP contribution in [0.5, 0.6) is 0 Å². The van der Waals surface area contributed by atoms with Crippen LogP contribution in [0.25, 0.3) is 0 Å². The van der Waals surface area contributed by atoms with Gasteiger partial charge in [0, 0.05) is 11.8 Å². The number of nitrogens with one attached hydrogen (secondary N) is 1. The Bertz CT molecular complexity index is 398. The fourth-order valence-electron chi connectivity index (χ4n) is 2.71. The van der Waals surface area contributed by atoms with E-state index < -0.39 is 0 Å². The SMILES string of the molecule is CC1CCC(C(=O)NC(CCl)c2ccccc2)CC1. The molecule has 1 atom stereocenters. The second-order valence-electron chi connectivity index (χ2n) is 5.58. The predicted molar refractivity (Wildman–Crippen MR) is 79.2 cm³/mol. The molecule has 1 saturated carbocycles. The minimum absolute atomic E-state index is 0.0743. The van der Waals surface area contributed by atoms with Gasteiger partial charge in [-0.15, -0.1) is 11.6 Å². The van der Waals surface area contributed by atoms with E-state index in [1.807, 2.05) is 30.3 Å². The first kappa shape index (κ1) is 14.4. The summed E-state index contributed by atoms with van der Waals surface area (Å²) in [7, 11) is 0. The van der Waals surface area contributed by atoms with Crippen LogP contribution in [-0.4, -0.2) is 11.8 Å². The molecule has 1 fully saturated rings. The second kappa shape index (κ2) is 6.95. The number of rotatable bonds is 4. The van der Waals surface area contributed by atoms with Gasteiger partial charge in [0.05, 0.1) is 6.04 Å². The Kier molecular flexibility index (Phi) is 5.26.